The van der Waals surface area contributed by atoms with E-state index in [9.17, 15) is 18.5 Å². The van der Waals surface area contributed by atoms with Crippen molar-refractivity contribution in [3.8, 4) is 5.75 Å². The van der Waals surface area contributed by atoms with E-state index in [1.807, 2.05) is 0 Å². The largest absolute Gasteiger partial charge is 0.495 e. The van der Waals surface area contributed by atoms with Gasteiger partial charge in [0.2, 0.25) is 10.0 Å². The highest BCUT2D eigenvalue weighted by molar-refractivity contribution is 7.89. The van der Waals surface area contributed by atoms with E-state index in [4.69, 9.17) is 4.74 Å². The van der Waals surface area contributed by atoms with Gasteiger partial charge >= 0.3 is 0 Å². The normalized spacial score (nSPS) is 20.0. The molecule has 0 spiro atoms. The minimum Gasteiger partial charge on any atom is -0.495 e. The highest BCUT2D eigenvalue weighted by Gasteiger charge is 2.33. The lowest BCUT2D eigenvalue weighted by Crippen LogP contribution is -2.45. The fourth-order valence-corrected chi connectivity index (χ4v) is 4.55. The first-order valence-electron chi connectivity index (χ1n) is 7.99. The summed E-state index contributed by atoms with van der Waals surface area (Å²) in [7, 11) is -2.49. The lowest BCUT2D eigenvalue weighted by Gasteiger charge is -2.32. The van der Waals surface area contributed by atoms with E-state index in [1.165, 1.54) is 32.1 Å². The zero-order valence-corrected chi connectivity index (χ0v) is 14.3. The number of methoxy groups -OCH3 is 1. The fourth-order valence-electron chi connectivity index (χ4n) is 3.10. The molecule has 1 aliphatic heterocycles. The Balaban J connectivity index is 1.72. The van der Waals surface area contributed by atoms with Gasteiger partial charge in [0.25, 0.3) is 5.69 Å². The van der Waals surface area contributed by atoms with Crippen LogP contribution >= 0.6 is 0 Å². The van der Waals surface area contributed by atoms with Crippen LogP contribution in [0.1, 0.15) is 25.7 Å². The Morgan fingerprint density at radius 3 is 2.46 bits per heavy atom. The maximum atomic E-state index is 12.6. The van der Waals surface area contributed by atoms with Crippen molar-refractivity contribution in [2.75, 3.05) is 20.2 Å². The molecule has 1 aromatic rings. The number of hydrogen-bond donors (Lipinski definition) is 1. The summed E-state index contributed by atoms with van der Waals surface area (Å²) in [5, 5.41) is 10.8. The standard InChI is InChI=1S/C15H21N3O5S/c1-23-14-10-13(18(19)20)4-5-15(14)24(21,22)16-11-6-8-17(9-7-11)12-2-3-12/h4-5,10-12,16H,2-3,6-9H2,1H3. The highest BCUT2D eigenvalue weighted by atomic mass is 32.2. The Morgan fingerprint density at radius 2 is 1.92 bits per heavy atom. The summed E-state index contributed by atoms with van der Waals surface area (Å²) in [4.78, 5) is 12.6. The van der Waals surface area contributed by atoms with E-state index in [0.29, 0.717) is 6.04 Å². The van der Waals surface area contributed by atoms with Crippen molar-refractivity contribution in [2.45, 2.75) is 42.7 Å². The van der Waals surface area contributed by atoms with Gasteiger partial charge in [0.15, 0.2) is 0 Å². The number of nitro groups is 1. The number of rotatable bonds is 6. The lowest BCUT2D eigenvalue weighted by atomic mass is 10.1. The van der Waals surface area contributed by atoms with Gasteiger partial charge in [-0.3, -0.25) is 10.1 Å². The number of hydrogen-bond acceptors (Lipinski definition) is 6. The maximum Gasteiger partial charge on any atom is 0.273 e. The molecular weight excluding hydrogens is 334 g/mol. The molecule has 2 fully saturated rings. The van der Waals surface area contributed by atoms with Crippen LogP contribution in [0.2, 0.25) is 0 Å². The Kier molecular flexibility index (Phi) is 4.75. The van der Waals surface area contributed by atoms with Crippen molar-refractivity contribution in [3.05, 3.63) is 28.3 Å². The van der Waals surface area contributed by atoms with E-state index >= 15 is 0 Å². The Hall–Kier alpha value is -1.71. The third-order valence-electron chi connectivity index (χ3n) is 4.56. The van der Waals surface area contributed by atoms with Gasteiger partial charge in [-0.1, -0.05) is 0 Å². The quantitative estimate of drug-likeness (QED) is 0.613. The van der Waals surface area contributed by atoms with E-state index < -0.39 is 14.9 Å². The minimum atomic E-state index is -3.78. The number of nitrogens with zero attached hydrogens (tertiary/aromatic N) is 2. The van der Waals surface area contributed by atoms with Crippen LogP contribution in [0.25, 0.3) is 0 Å². The van der Waals surface area contributed by atoms with Gasteiger partial charge < -0.3 is 9.64 Å². The number of nitrogens with one attached hydrogen (secondary N) is 1. The van der Waals surface area contributed by atoms with Crippen LogP contribution in [0.3, 0.4) is 0 Å². The second kappa shape index (κ2) is 6.66. The van der Waals surface area contributed by atoms with Gasteiger partial charge in [-0.25, -0.2) is 13.1 Å². The number of sulfonamides is 1. The molecule has 0 radical (unpaired) electrons. The molecule has 1 saturated carbocycles. The van der Waals surface area contributed by atoms with Crippen molar-refractivity contribution in [3.63, 3.8) is 0 Å². The molecule has 9 heteroatoms. The van der Waals surface area contributed by atoms with Crippen molar-refractivity contribution in [2.24, 2.45) is 0 Å². The number of benzene rings is 1. The molecule has 0 aromatic heterocycles. The summed E-state index contributed by atoms with van der Waals surface area (Å²) >= 11 is 0. The fraction of sp³-hybridized carbons (Fsp3) is 0.600. The summed E-state index contributed by atoms with van der Waals surface area (Å²) in [6.07, 6.45) is 4.03. The molecule has 132 valence electrons. The molecule has 1 saturated heterocycles. The van der Waals surface area contributed by atoms with Crippen LogP contribution in [0.4, 0.5) is 5.69 Å². The average molecular weight is 355 g/mol. The van der Waals surface area contributed by atoms with E-state index in [1.54, 1.807) is 0 Å². The Bertz CT molecular complexity index is 725. The minimum absolute atomic E-state index is 0.0212. The second-order valence-electron chi connectivity index (χ2n) is 6.25. The van der Waals surface area contributed by atoms with Crippen molar-refractivity contribution >= 4 is 15.7 Å². The van der Waals surface area contributed by atoms with Gasteiger partial charge in [0.05, 0.1) is 18.1 Å². The number of non-ortho nitro benzene ring substituents is 1. The molecule has 0 atom stereocenters. The Morgan fingerprint density at radius 1 is 1.25 bits per heavy atom. The monoisotopic (exact) mass is 355 g/mol. The lowest BCUT2D eigenvalue weighted by molar-refractivity contribution is -0.385. The molecule has 24 heavy (non-hydrogen) atoms. The molecule has 2 aliphatic rings. The molecule has 1 aliphatic carbocycles. The molecular formula is C15H21N3O5S. The second-order valence-corrected chi connectivity index (χ2v) is 7.94. The number of ether oxygens (including phenoxy) is 1. The topological polar surface area (TPSA) is 102 Å². The molecule has 3 rings (SSSR count). The first-order chi connectivity index (χ1) is 11.4. The average Bonchev–Trinajstić information content (AvgIpc) is 3.39. The van der Waals surface area contributed by atoms with Crippen LogP contribution in [-0.2, 0) is 10.0 Å². The van der Waals surface area contributed by atoms with E-state index in [-0.39, 0.29) is 22.4 Å². The summed E-state index contributed by atoms with van der Waals surface area (Å²) in [5.74, 6) is -0.0212. The first-order valence-corrected chi connectivity index (χ1v) is 9.48. The summed E-state index contributed by atoms with van der Waals surface area (Å²) in [5.41, 5.74) is -0.205. The SMILES string of the molecule is COc1cc([N+](=O)[O-])ccc1S(=O)(=O)NC1CCN(C2CC2)CC1. The molecule has 1 heterocycles. The first kappa shape index (κ1) is 17.1. The third-order valence-corrected chi connectivity index (χ3v) is 6.12. The van der Waals surface area contributed by atoms with Crippen molar-refractivity contribution in [1.82, 2.24) is 9.62 Å². The van der Waals surface area contributed by atoms with Crippen molar-refractivity contribution in [1.29, 1.82) is 0 Å². The predicted molar refractivity (Wildman–Crippen MR) is 87.6 cm³/mol. The van der Waals surface area contributed by atoms with Gasteiger partial charge in [-0.05, 0) is 44.8 Å². The predicted octanol–water partition coefficient (Wildman–Crippen LogP) is 1.51. The van der Waals surface area contributed by atoms with Gasteiger partial charge in [0.1, 0.15) is 10.6 Å². The number of nitro benzene ring substituents is 1. The van der Waals surface area contributed by atoms with Gasteiger partial charge in [-0.2, -0.15) is 0 Å². The summed E-state index contributed by atoms with van der Waals surface area (Å²) in [6.45, 7) is 1.80. The molecule has 1 N–H and O–H groups in total. The number of likely N-dealkylation sites (tertiary alicyclic amines) is 1. The maximum absolute atomic E-state index is 12.6. The van der Waals surface area contributed by atoms with Crippen LogP contribution in [0, 0.1) is 10.1 Å². The molecule has 1 aromatic carbocycles. The molecule has 0 unspecified atom stereocenters. The van der Waals surface area contributed by atoms with Crippen LogP contribution in [0.15, 0.2) is 23.1 Å². The van der Waals surface area contributed by atoms with Crippen LogP contribution in [-0.4, -0.2) is 50.5 Å². The van der Waals surface area contributed by atoms with Crippen LogP contribution < -0.4 is 9.46 Å². The smallest absolute Gasteiger partial charge is 0.273 e. The molecule has 0 amide bonds. The third kappa shape index (κ3) is 3.68. The highest BCUT2D eigenvalue weighted by Crippen LogP contribution is 2.31. The number of piperidine rings is 1. The zero-order chi connectivity index (χ0) is 17.3. The zero-order valence-electron chi connectivity index (χ0n) is 13.5. The van der Waals surface area contributed by atoms with Crippen LogP contribution in [0.5, 0.6) is 5.75 Å². The summed E-state index contributed by atoms with van der Waals surface area (Å²) < 4.78 is 33.0. The van der Waals surface area contributed by atoms with Gasteiger partial charge in [-0.15, -0.1) is 0 Å². The van der Waals surface area contributed by atoms with Crippen molar-refractivity contribution < 1.29 is 18.1 Å². The van der Waals surface area contributed by atoms with Gasteiger partial charge in [0, 0.05) is 18.2 Å². The van der Waals surface area contributed by atoms with E-state index in [0.717, 1.165) is 32.0 Å². The Labute approximate surface area is 141 Å². The van der Waals surface area contributed by atoms with E-state index in [2.05, 4.69) is 9.62 Å². The molecule has 0 bridgehead atoms. The molecule has 8 nitrogen and oxygen atoms in total. The summed E-state index contributed by atoms with van der Waals surface area (Å²) in [6, 6.07) is 4.09.